The Labute approximate surface area is 467 Å². The fourth-order valence-electron chi connectivity index (χ4n) is 14.4. The Kier molecular flexibility index (Phi) is 15.6. The minimum atomic E-state index is -0.693. The summed E-state index contributed by atoms with van der Waals surface area (Å²) in [6.07, 6.45) is 19.0. The number of phenols is 2. The number of methoxy groups -OCH3 is 2. The predicted molar refractivity (Wildman–Crippen MR) is 310 cm³/mol. The number of unbranched alkanes of at least 4 members (excludes halogenated alkanes) is 1. The number of benzene rings is 4. The van der Waals surface area contributed by atoms with Gasteiger partial charge in [0.2, 0.25) is 0 Å². The van der Waals surface area contributed by atoms with Gasteiger partial charge in [-0.2, -0.15) is 0 Å². The average Bonchev–Trinajstić information content (AvgIpc) is 4.14. The highest BCUT2D eigenvalue weighted by molar-refractivity contribution is 8.77. The second-order valence-electron chi connectivity index (χ2n) is 23.0. The second-order valence-corrected chi connectivity index (χ2v) is 25.7. The lowest BCUT2D eigenvalue weighted by atomic mass is 9.65. The fourth-order valence-corrected chi connectivity index (χ4v) is 17.6. The minimum Gasteiger partial charge on any atom is -0.508 e. The zero-order valence-corrected chi connectivity index (χ0v) is 46.8. The van der Waals surface area contributed by atoms with Crippen molar-refractivity contribution >= 4 is 33.6 Å². The molecule has 7 N–H and O–H groups in total. The van der Waals surface area contributed by atoms with E-state index in [0.29, 0.717) is 61.1 Å². The lowest BCUT2D eigenvalue weighted by Crippen LogP contribution is -2.52. The Morgan fingerprint density at radius 3 is 2.74 bits per heavy atom. The first kappa shape index (κ1) is 53.1. The summed E-state index contributed by atoms with van der Waals surface area (Å²) in [6.45, 7) is 3.24. The van der Waals surface area contributed by atoms with Crippen molar-refractivity contribution in [1.82, 2.24) is 16.0 Å². The van der Waals surface area contributed by atoms with E-state index in [1.165, 1.54) is 25.3 Å². The number of hydrogen-bond donors (Lipinski definition) is 6. The molecular weight excluding hydrogens is 1020 g/mol. The van der Waals surface area contributed by atoms with Crippen molar-refractivity contribution in [3.8, 4) is 51.7 Å². The van der Waals surface area contributed by atoms with Crippen LogP contribution in [0.1, 0.15) is 128 Å². The van der Waals surface area contributed by atoms with Crippen molar-refractivity contribution in [2.75, 3.05) is 39.7 Å². The van der Waals surface area contributed by atoms with E-state index in [1.54, 1.807) is 20.3 Å². The molecule has 6 bridgehead atoms. The molecule has 12 nitrogen and oxygen atoms in total. The van der Waals surface area contributed by atoms with Crippen LogP contribution in [0.25, 0.3) is 17.2 Å². The molecule has 78 heavy (non-hydrogen) atoms. The average molecular weight is 1090 g/mol. The summed E-state index contributed by atoms with van der Waals surface area (Å²) in [5.74, 6) is 10.6. The van der Waals surface area contributed by atoms with Gasteiger partial charge in [0.1, 0.15) is 36.1 Å². The normalized spacial score (nSPS) is 28.2. The third-order valence-electron chi connectivity index (χ3n) is 17.9. The Morgan fingerprint density at radius 1 is 1.01 bits per heavy atom. The van der Waals surface area contributed by atoms with E-state index in [2.05, 4.69) is 88.5 Å². The summed E-state index contributed by atoms with van der Waals surface area (Å²) in [5.41, 5.74) is 17.8. The van der Waals surface area contributed by atoms with Crippen LogP contribution in [0.15, 0.2) is 84.1 Å². The molecule has 410 valence electrons. The predicted octanol–water partition coefficient (Wildman–Crippen LogP) is 10.6. The second kappa shape index (κ2) is 22.9. The maximum atomic E-state index is 13.3. The monoisotopic (exact) mass is 1090 g/mol. The number of hydrogen-bond acceptors (Lipinski definition) is 14. The highest BCUT2D eigenvalue weighted by Crippen LogP contribution is 2.63. The molecule has 4 aromatic carbocycles. The maximum Gasteiger partial charge on any atom is 0.302 e. The van der Waals surface area contributed by atoms with Crippen LogP contribution in [-0.4, -0.2) is 85.5 Å². The van der Waals surface area contributed by atoms with E-state index in [4.69, 9.17) is 29.4 Å². The number of carbonyl (C=O) groups is 1. The van der Waals surface area contributed by atoms with E-state index in [9.17, 15) is 15.0 Å². The van der Waals surface area contributed by atoms with Gasteiger partial charge >= 0.3 is 5.97 Å². The Morgan fingerprint density at radius 2 is 1.90 bits per heavy atom. The van der Waals surface area contributed by atoms with Crippen LogP contribution >= 0.6 is 21.6 Å². The first-order valence-electron chi connectivity index (χ1n) is 28.4. The van der Waals surface area contributed by atoms with E-state index < -0.39 is 12.0 Å². The molecular formula is C64H74N4O8S2. The SMILES string of the molecule is COCCCCNCc1c(O)c2c(c3c1CC#CC1=C(C=CC(N)N1)C[C@@H]1CC[C@@]4(Cc5cc(O)cc(OC)c5-c5ccc6c(c54)O[C@H]3[C@H]6COC(C)=O)C1)C=C[C@H]1N[C@H]3CCC[C@@H](CSS[C@H](Cc4ccccc4)[C@H]1O2)C3. The number of dihydropyridines is 1. The Bertz CT molecular complexity index is 3100. The van der Waals surface area contributed by atoms with Crippen LogP contribution < -0.4 is 35.9 Å². The number of allylic oxidation sites excluding steroid dienone is 3. The largest absolute Gasteiger partial charge is 0.508 e. The van der Waals surface area contributed by atoms with Crippen LogP contribution in [0.5, 0.6) is 28.7 Å². The molecule has 1 unspecified atom stereocenters. The Balaban J connectivity index is 1.10. The van der Waals surface area contributed by atoms with E-state index in [0.717, 1.165) is 125 Å². The van der Waals surface area contributed by atoms with Gasteiger partial charge in [-0.3, -0.25) is 4.79 Å². The lowest BCUT2D eigenvalue weighted by molar-refractivity contribution is -0.141. The van der Waals surface area contributed by atoms with Gasteiger partial charge in [-0.1, -0.05) is 94.6 Å². The molecule has 5 heterocycles. The summed E-state index contributed by atoms with van der Waals surface area (Å²) in [4.78, 5) is 13.1. The van der Waals surface area contributed by atoms with Crippen molar-refractivity contribution in [2.45, 2.75) is 144 Å². The molecule has 2 saturated carbocycles. The van der Waals surface area contributed by atoms with Crippen LogP contribution in [0.3, 0.4) is 0 Å². The molecule has 0 radical (unpaired) electrons. The van der Waals surface area contributed by atoms with Gasteiger partial charge in [-0.15, -0.1) is 0 Å². The number of ether oxygens (including phenoxy) is 5. The van der Waals surface area contributed by atoms with Crippen molar-refractivity contribution in [3.05, 3.63) is 129 Å². The highest BCUT2D eigenvalue weighted by atomic mass is 33.1. The molecule has 0 aromatic heterocycles. The summed E-state index contributed by atoms with van der Waals surface area (Å²) >= 11 is 0. The first-order chi connectivity index (χ1) is 38.1. The summed E-state index contributed by atoms with van der Waals surface area (Å²) in [7, 11) is 7.29. The number of rotatable bonds is 12. The molecule has 0 amide bonds. The number of fused-ring (bicyclic) bond motifs is 11. The van der Waals surface area contributed by atoms with Gasteiger partial charge in [-0.25, -0.2) is 0 Å². The summed E-state index contributed by atoms with van der Waals surface area (Å²) in [5, 5.41) is 35.9. The number of esters is 1. The van der Waals surface area contributed by atoms with Gasteiger partial charge in [0.25, 0.3) is 0 Å². The summed E-state index contributed by atoms with van der Waals surface area (Å²) < 4.78 is 33.2. The number of nitrogens with two attached hydrogens (primary N) is 1. The highest BCUT2D eigenvalue weighted by Gasteiger charge is 2.52. The third kappa shape index (κ3) is 10.4. The summed E-state index contributed by atoms with van der Waals surface area (Å²) in [6, 6.07) is 18.8. The van der Waals surface area contributed by atoms with Crippen LogP contribution in [-0.2, 0) is 45.5 Å². The van der Waals surface area contributed by atoms with E-state index in [1.807, 2.05) is 33.7 Å². The van der Waals surface area contributed by atoms with Crippen LogP contribution in [0.4, 0.5) is 0 Å². The standard InChI is InChI=1S/C64H74N4O8S2/c1-37(69)74-35-50-46-18-19-47-56-42(30-44(70)31-53(56)73-3)33-64-24-23-39(32-64)27-41-17-22-55(65)68-51(41)16-10-15-45-49(34-66-25-7-8-26-72-2)59(71)62-48(57(45)60(50)75-61(46)58(47)64)20-21-52-63(76-62)54(29-38-11-5-4-6-12-38)78-77-36-40-13-9-14-43(28-40)67-52/h4-6,11-12,17-22,30-31,39-40,43,50,52,54-55,60,63,66-68,70-71H,7-9,13-15,23-29,32-36,65H2,1-3H3/t39-,40+,43-,50-,52+,54+,55?,60-,63-,64-/m0/s1. The quantitative estimate of drug-likeness (QED) is 0.0343. The maximum absolute atomic E-state index is 13.3. The van der Waals surface area contributed by atoms with Crippen molar-refractivity contribution < 1.29 is 38.7 Å². The zero-order valence-electron chi connectivity index (χ0n) is 45.2. The molecule has 10 atom stereocenters. The molecule has 14 heteroatoms. The number of aromatic hydroxyl groups is 2. The van der Waals surface area contributed by atoms with Crippen molar-refractivity contribution in [2.24, 2.45) is 17.6 Å². The molecule has 3 aliphatic carbocycles. The first-order valence-corrected chi connectivity index (χ1v) is 30.8. The van der Waals surface area contributed by atoms with Gasteiger partial charge in [0.15, 0.2) is 11.5 Å². The zero-order chi connectivity index (χ0) is 53.5. The number of carbonyl (C=O) groups excluding carboxylic acids is 1. The van der Waals surface area contributed by atoms with Crippen molar-refractivity contribution in [3.63, 3.8) is 0 Å². The van der Waals surface area contributed by atoms with Gasteiger partial charge < -0.3 is 55.6 Å². The Hall–Kier alpha value is -5.53. The molecule has 1 saturated heterocycles. The smallest absolute Gasteiger partial charge is 0.302 e. The van der Waals surface area contributed by atoms with Crippen LogP contribution in [0, 0.1) is 23.7 Å². The molecule has 8 aliphatic rings. The van der Waals surface area contributed by atoms with E-state index >= 15 is 0 Å². The van der Waals surface area contributed by atoms with Gasteiger partial charge in [0, 0.05) is 90.3 Å². The number of phenolic OH excluding ortho intramolecular Hbond substituents is 2. The van der Waals surface area contributed by atoms with E-state index in [-0.39, 0.29) is 59.5 Å². The van der Waals surface area contributed by atoms with Crippen molar-refractivity contribution in [1.29, 1.82) is 0 Å². The minimum absolute atomic E-state index is 0.0175. The van der Waals surface area contributed by atoms with Gasteiger partial charge in [-0.05, 0) is 135 Å². The molecule has 1 spiro atoms. The fraction of sp³-hybridized carbons (Fsp3) is 0.484. The molecule has 5 aliphatic heterocycles. The molecule has 4 aromatic rings. The molecule has 12 rings (SSSR count). The van der Waals surface area contributed by atoms with Crippen LogP contribution in [0.2, 0.25) is 0 Å². The molecule has 3 fully saturated rings. The number of nitrogens with one attached hydrogen (secondary N) is 3. The van der Waals surface area contributed by atoms with Gasteiger partial charge in [0.05, 0.1) is 36.2 Å². The topological polar surface area (TPSA) is 166 Å². The third-order valence-corrected chi connectivity index (χ3v) is 20.9. The lowest BCUT2D eigenvalue weighted by Gasteiger charge is -2.39.